The Hall–Kier alpha value is -0.380. The fraction of sp³-hybridized carbons (Fsp3) is 1.00. The molecule has 0 bridgehead atoms. The van der Waals surface area contributed by atoms with Gasteiger partial charge in [0.1, 0.15) is 6.54 Å². The Balaban J connectivity index is 4.93. The summed E-state index contributed by atoms with van der Waals surface area (Å²) in [5.41, 5.74) is -0.891. The lowest BCUT2D eigenvalue weighted by Crippen LogP contribution is -2.51. The van der Waals surface area contributed by atoms with Crippen LogP contribution in [0.2, 0.25) is 0 Å². The topological polar surface area (TPSA) is 69.6 Å². The van der Waals surface area contributed by atoms with Crippen molar-refractivity contribution in [2.24, 2.45) is 0 Å². The largest absolute Gasteiger partial charge is 0.402 e. The van der Waals surface area contributed by atoms with Crippen LogP contribution < -0.4 is 4.72 Å². The van der Waals surface area contributed by atoms with E-state index in [9.17, 15) is 21.6 Å². The molecule has 0 saturated carbocycles. The maximum absolute atomic E-state index is 12.2. The molecule has 0 amide bonds. The zero-order valence-corrected chi connectivity index (χ0v) is 10.7. The van der Waals surface area contributed by atoms with Crippen LogP contribution in [0.1, 0.15) is 20.8 Å². The summed E-state index contributed by atoms with van der Waals surface area (Å²) in [5, 5.41) is 8.59. The third-order valence-electron chi connectivity index (χ3n) is 1.48. The van der Waals surface area contributed by atoms with Crippen molar-refractivity contribution in [3.05, 3.63) is 0 Å². The number of halogens is 3. The summed E-state index contributed by atoms with van der Waals surface area (Å²) < 4.78 is 62.0. The third kappa shape index (κ3) is 7.53. The molecule has 0 saturated heterocycles. The van der Waals surface area contributed by atoms with Gasteiger partial charge in [-0.25, -0.2) is 0 Å². The highest BCUT2D eigenvalue weighted by atomic mass is 32.2. The summed E-state index contributed by atoms with van der Waals surface area (Å²) >= 11 is 0. The molecule has 0 rings (SSSR count). The van der Waals surface area contributed by atoms with Crippen LogP contribution in [-0.2, 0) is 10.2 Å². The minimum absolute atomic E-state index is 0.165. The zero-order chi connectivity index (χ0) is 13.9. The van der Waals surface area contributed by atoms with Gasteiger partial charge in [-0.2, -0.15) is 30.6 Å². The average Bonchev–Trinajstić information content (AvgIpc) is 1.95. The van der Waals surface area contributed by atoms with Gasteiger partial charge in [-0.1, -0.05) is 0 Å². The van der Waals surface area contributed by atoms with Crippen LogP contribution in [-0.4, -0.2) is 49.2 Å². The molecule has 0 heterocycles. The van der Waals surface area contributed by atoms with Crippen LogP contribution in [0.4, 0.5) is 13.2 Å². The van der Waals surface area contributed by atoms with Gasteiger partial charge in [0.2, 0.25) is 0 Å². The molecule has 0 aromatic heterocycles. The van der Waals surface area contributed by atoms with Crippen LogP contribution in [0.5, 0.6) is 0 Å². The summed E-state index contributed by atoms with van der Waals surface area (Å²) in [7, 11) is -4.27. The fourth-order valence-electron chi connectivity index (χ4n) is 1.05. The van der Waals surface area contributed by atoms with Crippen LogP contribution >= 0.6 is 0 Å². The predicted molar refractivity (Wildman–Crippen MR) is 56.5 cm³/mol. The van der Waals surface area contributed by atoms with E-state index in [1.54, 1.807) is 0 Å². The normalized spacial score (nSPS) is 14.4. The summed E-state index contributed by atoms with van der Waals surface area (Å²) in [6.45, 7) is 1.62. The van der Waals surface area contributed by atoms with Gasteiger partial charge in [0.25, 0.3) is 10.2 Å². The van der Waals surface area contributed by atoms with Gasteiger partial charge in [-0.15, -0.1) is 0 Å². The molecule has 0 aliphatic carbocycles. The van der Waals surface area contributed by atoms with Gasteiger partial charge in [0, 0.05) is 12.1 Å². The molecule has 0 aliphatic rings. The van der Waals surface area contributed by atoms with Crippen molar-refractivity contribution >= 4 is 10.2 Å². The molecule has 0 fully saturated rings. The number of rotatable bonds is 5. The Kier molecular flexibility index (Phi) is 5.38. The first-order valence-electron chi connectivity index (χ1n) is 4.84. The maximum atomic E-state index is 12.2. The maximum Gasteiger partial charge on any atom is 0.402 e. The van der Waals surface area contributed by atoms with E-state index < -0.39 is 41.6 Å². The minimum atomic E-state index is -4.65. The number of nitrogens with zero attached hydrogens (tertiary/aromatic N) is 1. The van der Waals surface area contributed by atoms with Gasteiger partial charge >= 0.3 is 6.18 Å². The molecule has 9 heteroatoms. The van der Waals surface area contributed by atoms with Gasteiger partial charge < -0.3 is 5.11 Å². The monoisotopic (exact) mass is 278 g/mol. The molecule has 104 valence electrons. The van der Waals surface area contributed by atoms with Gasteiger partial charge in [0.15, 0.2) is 0 Å². The molecule has 0 unspecified atom stereocenters. The molecule has 5 nitrogen and oxygen atoms in total. The van der Waals surface area contributed by atoms with Crippen LogP contribution in [0, 0.1) is 0 Å². The van der Waals surface area contributed by atoms with Crippen molar-refractivity contribution in [1.29, 1.82) is 0 Å². The second kappa shape index (κ2) is 5.51. The summed E-state index contributed by atoms with van der Waals surface area (Å²) in [6, 6.07) is 0. The van der Waals surface area contributed by atoms with E-state index in [0.717, 1.165) is 0 Å². The molecule has 2 N–H and O–H groups in total. The van der Waals surface area contributed by atoms with E-state index >= 15 is 0 Å². The first-order chi connectivity index (χ1) is 7.37. The SMILES string of the molecule is CC(C)(C)NS(=O)(=O)N(CCO)CC(F)(F)F. The Morgan fingerprint density at radius 2 is 1.71 bits per heavy atom. The highest BCUT2D eigenvalue weighted by Crippen LogP contribution is 2.18. The second-order valence-corrected chi connectivity index (χ2v) is 6.20. The van der Waals surface area contributed by atoms with Crippen molar-refractivity contribution in [1.82, 2.24) is 9.03 Å². The summed E-state index contributed by atoms with van der Waals surface area (Å²) in [6.07, 6.45) is -4.65. The quantitative estimate of drug-likeness (QED) is 0.768. The van der Waals surface area contributed by atoms with Gasteiger partial charge in [-0.05, 0) is 20.8 Å². The van der Waals surface area contributed by atoms with E-state index in [2.05, 4.69) is 4.72 Å². The Bertz CT molecular complexity index is 335. The summed E-state index contributed by atoms with van der Waals surface area (Å²) in [5.74, 6) is 0. The second-order valence-electron chi connectivity index (χ2n) is 4.53. The molecule has 0 aromatic rings. The lowest BCUT2D eigenvalue weighted by Gasteiger charge is -2.28. The molecular weight excluding hydrogens is 261 g/mol. The van der Waals surface area contributed by atoms with Crippen molar-refractivity contribution < 1.29 is 26.7 Å². The number of aliphatic hydroxyl groups is 1. The van der Waals surface area contributed by atoms with E-state index in [1.807, 2.05) is 0 Å². The fourth-order valence-corrected chi connectivity index (χ4v) is 2.59. The number of hydrogen-bond acceptors (Lipinski definition) is 3. The van der Waals surface area contributed by atoms with Crippen LogP contribution in [0.15, 0.2) is 0 Å². The van der Waals surface area contributed by atoms with Gasteiger partial charge in [0.05, 0.1) is 6.61 Å². The van der Waals surface area contributed by atoms with E-state index in [4.69, 9.17) is 5.11 Å². The van der Waals surface area contributed by atoms with Crippen LogP contribution in [0.3, 0.4) is 0 Å². The smallest absolute Gasteiger partial charge is 0.395 e. The standard InChI is InChI=1S/C8H17F3N2O3S/c1-7(2,3)12-17(15,16)13(4-5-14)6-8(9,10)11/h12,14H,4-6H2,1-3H3. The zero-order valence-electron chi connectivity index (χ0n) is 9.87. The third-order valence-corrected chi connectivity index (χ3v) is 3.34. The Labute approximate surface area is 98.8 Å². The van der Waals surface area contributed by atoms with Crippen molar-refractivity contribution in [2.75, 3.05) is 19.7 Å². The number of aliphatic hydroxyl groups excluding tert-OH is 1. The molecule has 0 atom stereocenters. The van der Waals surface area contributed by atoms with E-state index in [0.29, 0.717) is 0 Å². The molecule has 0 radical (unpaired) electrons. The Morgan fingerprint density at radius 1 is 1.24 bits per heavy atom. The Morgan fingerprint density at radius 3 is 2.00 bits per heavy atom. The summed E-state index contributed by atoms with van der Waals surface area (Å²) in [4.78, 5) is 0. The molecule has 17 heavy (non-hydrogen) atoms. The number of nitrogens with one attached hydrogen (secondary N) is 1. The first kappa shape index (κ1) is 16.6. The van der Waals surface area contributed by atoms with E-state index in [-0.39, 0.29) is 4.31 Å². The predicted octanol–water partition coefficient (Wildman–Crippen LogP) is 0.476. The molecular formula is C8H17F3N2O3S. The number of hydrogen-bond donors (Lipinski definition) is 2. The van der Waals surface area contributed by atoms with Crippen LogP contribution in [0.25, 0.3) is 0 Å². The molecule has 0 spiro atoms. The van der Waals surface area contributed by atoms with Crippen molar-refractivity contribution in [3.63, 3.8) is 0 Å². The lowest BCUT2D eigenvalue weighted by molar-refractivity contribution is -0.136. The highest BCUT2D eigenvalue weighted by molar-refractivity contribution is 7.87. The molecule has 0 aromatic carbocycles. The number of alkyl halides is 3. The first-order valence-corrected chi connectivity index (χ1v) is 6.28. The lowest BCUT2D eigenvalue weighted by atomic mass is 10.1. The molecule has 0 aliphatic heterocycles. The van der Waals surface area contributed by atoms with Crippen molar-refractivity contribution in [3.8, 4) is 0 Å². The minimum Gasteiger partial charge on any atom is -0.395 e. The van der Waals surface area contributed by atoms with E-state index in [1.165, 1.54) is 20.8 Å². The van der Waals surface area contributed by atoms with Gasteiger partial charge in [-0.3, -0.25) is 0 Å². The average molecular weight is 278 g/mol. The van der Waals surface area contributed by atoms with Crippen molar-refractivity contribution in [2.45, 2.75) is 32.5 Å². The highest BCUT2D eigenvalue weighted by Gasteiger charge is 2.37.